The molecule has 0 spiro atoms. The molecule has 1 heterocycles. The molecular weight excluding hydrogens is 429 g/mol. The van der Waals surface area contributed by atoms with Gasteiger partial charge in [-0.05, 0) is 64.0 Å². The molecule has 0 saturated carbocycles. The molecule has 33 heavy (non-hydrogen) atoms. The van der Waals surface area contributed by atoms with Crippen LogP contribution in [0, 0.1) is 0 Å². The smallest absolute Gasteiger partial charge is 0.174 e. The zero-order chi connectivity index (χ0) is 23.0. The van der Waals surface area contributed by atoms with Crippen molar-refractivity contribution in [3.8, 4) is 17.2 Å². The summed E-state index contributed by atoms with van der Waals surface area (Å²) in [6.45, 7) is 7.76. The summed E-state index contributed by atoms with van der Waals surface area (Å²) in [5, 5.41) is 3.76. The highest BCUT2D eigenvalue weighted by Gasteiger charge is 2.22. The van der Waals surface area contributed by atoms with E-state index < -0.39 is 7.92 Å². The molecule has 0 fully saturated rings. The Bertz CT molecular complexity index is 1120. The van der Waals surface area contributed by atoms with Gasteiger partial charge in [0, 0.05) is 0 Å². The minimum absolute atomic E-state index is 0.483. The van der Waals surface area contributed by atoms with Crippen LogP contribution in [0.2, 0.25) is 0 Å². The summed E-state index contributed by atoms with van der Waals surface area (Å²) in [6.07, 6.45) is 1.91. The second kappa shape index (κ2) is 11.2. The number of fused-ring (bicyclic) bond motifs is 1. The van der Waals surface area contributed by atoms with Crippen LogP contribution < -0.4 is 24.8 Å². The minimum Gasteiger partial charge on any atom is -0.491 e. The summed E-state index contributed by atoms with van der Waals surface area (Å²) in [5.74, 6) is 2.40. The summed E-state index contributed by atoms with van der Waals surface area (Å²) < 4.78 is 18.1. The quantitative estimate of drug-likeness (QED) is 0.277. The van der Waals surface area contributed by atoms with Crippen molar-refractivity contribution in [2.24, 2.45) is 0 Å². The lowest BCUT2D eigenvalue weighted by atomic mass is 10.2. The number of ether oxygens (including phenoxy) is 3. The van der Waals surface area contributed by atoms with Gasteiger partial charge in [0.1, 0.15) is 0 Å². The van der Waals surface area contributed by atoms with Crippen molar-refractivity contribution in [2.75, 3.05) is 26.0 Å². The van der Waals surface area contributed by atoms with E-state index in [1.165, 1.54) is 10.6 Å². The Balaban J connectivity index is 1.72. The Morgan fingerprint density at radius 1 is 0.667 bits per heavy atom. The third kappa shape index (κ3) is 5.17. The Morgan fingerprint density at radius 3 is 1.82 bits per heavy atom. The second-order valence-electron chi connectivity index (χ2n) is 7.62. The van der Waals surface area contributed by atoms with Crippen molar-refractivity contribution in [1.82, 2.24) is 4.98 Å². The Kier molecular flexibility index (Phi) is 7.91. The van der Waals surface area contributed by atoms with Crippen LogP contribution in [0.25, 0.3) is 10.9 Å². The number of aromatic amines is 1. The molecule has 1 N–H and O–H groups in total. The van der Waals surface area contributed by atoms with Crippen molar-refractivity contribution in [3.05, 3.63) is 78.5 Å². The van der Waals surface area contributed by atoms with E-state index in [2.05, 4.69) is 71.7 Å². The van der Waals surface area contributed by atoms with Crippen LogP contribution in [-0.2, 0) is 6.42 Å². The standard InChI is InChI=1S/C28H32NO3P/c1-4-30-25-18-17-23-26(28(25)32-6-3)27(31-5-2)24(29-23)19-20-33(21-13-9-7-10-14-21)22-15-11-8-12-16-22/h7-18,29H,4-6,19-20H2,1-3H3. The Hall–Kier alpha value is -2.97. The van der Waals surface area contributed by atoms with Crippen molar-refractivity contribution in [1.29, 1.82) is 0 Å². The predicted molar refractivity (Wildman–Crippen MR) is 139 cm³/mol. The molecule has 4 aromatic rings. The van der Waals surface area contributed by atoms with Crippen LogP contribution >= 0.6 is 7.92 Å². The fraction of sp³-hybridized carbons (Fsp3) is 0.286. The number of nitrogens with one attached hydrogen (secondary N) is 1. The lowest BCUT2D eigenvalue weighted by Gasteiger charge is -2.19. The number of aromatic nitrogens is 1. The SMILES string of the molecule is CCOc1ccc2[nH]c(CCP(c3ccccc3)c3ccccc3)c(OCC)c2c1OCC. The van der Waals surface area contributed by atoms with E-state index in [0.29, 0.717) is 19.8 Å². The maximum atomic E-state index is 6.19. The Morgan fingerprint density at radius 2 is 1.24 bits per heavy atom. The molecule has 4 rings (SSSR count). The first-order valence-corrected chi connectivity index (χ1v) is 13.2. The van der Waals surface area contributed by atoms with Crippen LogP contribution in [0.3, 0.4) is 0 Å². The van der Waals surface area contributed by atoms with E-state index in [0.717, 1.165) is 46.4 Å². The van der Waals surface area contributed by atoms with E-state index in [-0.39, 0.29) is 0 Å². The lowest BCUT2D eigenvalue weighted by Crippen LogP contribution is -2.15. The van der Waals surface area contributed by atoms with Crippen LogP contribution in [-0.4, -0.2) is 31.0 Å². The first kappa shape index (κ1) is 23.2. The molecular formula is C28H32NO3P. The van der Waals surface area contributed by atoms with E-state index in [1.54, 1.807) is 0 Å². The van der Waals surface area contributed by atoms with Gasteiger partial charge in [-0.1, -0.05) is 60.7 Å². The summed E-state index contributed by atoms with van der Waals surface area (Å²) in [5.41, 5.74) is 2.13. The molecule has 0 saturated heterocycles. The minimum atomic E-state index is -0.483. The van der Waals surface area contributed by atoms with Crippen molar-refractivity contribution in [2.45, 2.75) is 27.2 Å². The molecule has 0 amide bonds. The zero-order valence-corrected chi connectivity index (χ0v) is 20.5. The molecule has 0 aliphatic rings. The van der Waals surface area contributed by atoms with Gasteiger partial charge in [0.25, 0.3) is 0 Å². The molecule has 0 unspecified atom stereocenters. The number of hydrogen-bond donors (Lipinski definition) is 1. The van der Waals surface area contributed by atoms with Crippen molar-refractivity contribution in [3.63, 3.8) is 0 Å². The number of H-pyrrole nitrogens is 1. The van der Waals surface area contributed by atoms with Crippen LogP contribution in [0.1, 0.15) is 26.5 Å². The summed E-state index contributed by atoms with van der Waals surface area (Å²) in [4.78, 5) is 3.63. The third-order valence-corrected chi connectivity index (χ3v) is 8.02. The van der Waals surface area contributed by atoms with Crippen molar-refractivity contribution < 1.29 is 14.2 Å². The molecule has 0 radical (unpaired) electrons. The van der Waals surface area contributed by atoms with Gasteiger partial charge in [-0.2, -0.15) is 0 Å². The third-order valence-electron chi connectivity index (χ3n) is 5.51. The summed E-state index contributed by atoms with van der Waals surface area (Å²) >= 11 is 0. The van der Waals surface area contributed by atoms with E-state index in [4.69, 9.17) is 14.2 Å². The first-order valence-electron chi connectivity index (χ1n) is 11.7. The number of benzene rings is 3. The molecule has 172 valence electrons. The molecule has 1 aromatic heterocycles. The number of aryl methyl sites for hydroxylation is 1. The highest BCUT2D eigenvalue weighted by Crippen LogP contribution is 2.44. The van der Waals surface area contributed by atoms with E-state index >= 15 is 0 Å². The first-order chi connectivity index (χ1) is 16.3. The Labute approximate surface area is 197 Å². The van der Waals surface area contributed by atoms with Gasteiger partial charge in [0.2, 0.25) is 0 Å². The van der Waals surface area contributed by atoms with Gasteiger partial charge >= 0.3 is 0 Å². The average Bonchev–Trinajstić information content (AvgIpc) is 3.20. The normalized spacial score (nSPS) is 11.2. The monoisotopic (exact) mass is 461 g/mol. The summed E-state index contributed by atoms with van der Waals surface area (Å²) in [6, 6.07) is 25.7. The zero-order valence-electron chi connectivity index (χ0n) is 19.6. The summed E-state index contributed by atoms with van der Waals surface area (Å²) in [7, 11) is -0.483. The molecule has 0 aliphatic heterocycles. The van der Waals surface area contributed by atoms with Crippen molar-refractivity contribution >= 4 is 29.4 Å². The van der Waals surface area contributed by atoms with Gasteiger partial charge < -0.3 is 19.2 Å². The van der Waals surface area contributed by atoms with Gasteiger partial charge in [0.15, 0.2) is 17.2 Å². The number of rotatable bonds is 11. The number of hydrogen-bond acceptors (Lipinski definition) is 3. The van der Waals surface area contributed by atoms with Crippen LogP contribution in [0.4, 0.5) is 0 Å². The average molecular weight is 462 g/mol. The van der Waals surface area contributed by atoms with Gasteiger partial charge in [-0.25, -0.2) is 0 Å². The van der Waals surface area contributed by atoms with E-state index in [1.807, 2.05) is 26.8 Å². The molecule has 0 atom stereocenters. The van der Waals surface area contributed by atoms with Crippen LogP contribution in [0.5, 0.6) is 17.2 Å². The van der Waals surface area contributed by atoms with Gasteiger partial charge in [-0.15, -0.1) is 0 Å². The van der Waals surface area contributed by atoms with Gasteiger partial charge in [0.05, 0.1) is 36.4 Å². The second-order valence-corrected chi connectivity index (χ2v) is 9.96. The predicted octanol–water partition coefficient (Wildman–Crippen LogP) is 6.04. The molecule has 0 bridgehead atoms. The van der Waals surface area contributed by atoms with Crippen LogP contribution in [0.15, 0.2) is 72.8 Å². The topological polar surface area (TPSA) is 43.5 Å². The fourth-order valence-electron chi connectivity index (χ4n) is 4.15. The molecule has 4 nitrogen and oxygen atoms in total. The largest absolute Gasteiger partial charge is 0.491 e. The highest BCUT2D eigenvalue weighted by atomic mass is 31.1. The molecule has 3 aromatic carbocycles. The molecule has 0 aliphatic carbocycles. The van der Waals surface area contributed by atoms with Gasteiger partial charge in [-0.3, -0.25) is 0 Å². The lowest BCUT2D eigenvalue weighted by molar-refractivity contribution is 0.289. The fourth-order valence-corrected chi connectivity index (χ4v) is 6.47. The van der Waals surface area contributed by atoms with E-state index in [9.17, 15) is 0 Å². The maximum absolute atomic E-state index is 6.19. The highest BCUT2D eigenvalue weighted by molar-refractivity contribution is 7.73. The maximum Gasteiger partial charge on any atom is 0.174 e. The molecule has 5 heteroatoms.